The van der Waals surface area contributed by atoms with Gasteiger partial charge in [-0.25, -0.2) is 0 Å². The summed E-state index contributed by atoms with van der Waals surface area (Å²) in [4.78, 5) is 22.9. The van der Waals surface area contributed by atoms with Gasteiger partial charge in [0.05, 0.1) is 6.61 Å². The minimum Gasteiger partial charge on any atom is -0.494 e. The minimum absolute atomic E-state index is 0.236. The van der Waals surface area contributed by atoms with Gasteiger partial charge in [-0.15, -0.1) is 0 Å². The van der Waals surface area contributed by atoms with Crippen molar-refractivity contribution in [2.75, 3.05) is 11.9 Å². The standard InChI is InChI=1S/C17H17NO3/c1-2-9-21-16-8-4-6-14(11-16)17(20)18-15-7-3-5-13(10-15)12-19/h3-8,10-12H,2,9H2,1H3,(H,18,20). The summed E-state index contributed by atoms with van der Waals surface area (Å²) in [6.45, 7) is 2.64. The highest BCUT2D eigenvalue weighted by atomic mass is 16.5. The molecule has 2 aromatic rings. The molecule has 0 atom stereocenters. The largest absolute Gasteiger partial charge is 0.494 e. The number of anilines is 1. The lowest BCUT2D eigenvalue weighted by molar-refractivity contribution is 0.102. The maximum atomic E-state index is 12.2. The molecule has 0 saturated heterocycles. The van der Waals surface area contributed by atoms with Gasteiger partial charge < -0.3 is 10.1 Å². The van der Waals surface area contributed by atoms with Crippen molar-refractivity contribution in [3.8, 4) is 5.75 Å². The first-order valence-corrected chi connectivity index (χ1v) is 6.82. The van der Waals surface area contributed by atoms with Gasteiger partial charge in [-0.2, -0.15) is 0 Å². The first kappa shape index (κ1) is 14.8. The summed E-state index contributed by atoms with van der Waals surface area (Å²) in [5, 5.41) is 2.76. The fraction of sp³-hybridized carbons (Fsp3) is 0.176. The summed E-state index contributed by atoms with van der Waals surface area (Å²) in [7, 11) is 0. The molecule has 1 amide bonds. The van der Waals surface area contributed by atoms with Crippen molar-refractivity contribution in [1.82, 2.24) is 0 Å². The van der Waals surface area contributed by atoms with E-state index in [-0.39, 0.29) is 5.91 Å². The van der Waals surface area contributed by atoms with E-state index in [9.17, 15) is 9.59 Å². The lowest BCUT2D eigenvalue weighted by atomic mass is 10.1. The molecule has 4 heteroatoms. The quantitative estimate of drug-likeness (QED) is 0.825. The third-order valence-electron chi connectivity index (χ3n) is 2.85. The van der Waals surface area contributed by atoms with Gasteiger partial charge in [-0.3, -0.25) is 9.59 Å². The number of ether oxygens (including phenoxy) is 1. The molecule has 0 fully saturated rings. The van der Waals surface area contributed by atoms with Gasteiger partial charge in [-0.1, -0.05) is 25.1 Å². The third-order valence-corrected chi connectivity index (χ3v) is 2.85. The van der Waals surface area contributed by atoms with Crippen LogP contribution in [0.15, 0.2) is 48.5 Å². The second-order valence-corrected chi connectivity index (χ2v) is 4.57. The van der Waals surface area contributed by atoms with Crippen molar-refractivity contribution in [3.05, 3.63) is 59.7 Å². The van der Waals surface area contributed by atoms with Crippen molar-refractivity contribution in [1.29, 1.82) is 0 Å². The molecule has 0 aliphatic rings. The van der Waals surface area contributed by atoms with Crippen molar-refractivity contribution in [2.45, 2.75) is 13.3 Å². The van der Waals surface area contributed by atoms with Crippen molar-refractivity contribution in [3.63, 3.8) is 0 Å². The van der Waals surface area contributed by atoms with Crippen LogP contribution < -0.4 is 10.1 Å². The Morgan fingerprint density at radius 3 is 2.76 bits per heavy atom. The number of hydrogen-bond acceptors (Lipinski definition) is 3. The minimum atomic E-state index is -0.236. The second kappa shape index (κ2) is 7.24. The molecule has 21 heavy (non-hydrogen) atoms. The molecule has 0 radical (unpaired) electrons. The summed E-state index contributed by atoms with van der Waals surface area (Å²) < 4.78 is 5.51. The highest BCUT2D eigenvalue weighted by Gasteiger charge is 2.07. The van der Waals surface area contributed by atoms with E-state index >= 15 is 0 Å². The summed E-state index contributed by atoms with van der Waals surface area (Å²) >= 11 is 0. The van der Waals surface area contributed by atoms with E-state index in [1.54, 1.807) is 42.5 Å². The van der Waals surface area contributed by atoms with Gasteiger partial charge in [0.25, 0.3) is 5.91 Å². The molecular formula is C17H17NO3. The average molecular weight is 283 g/mol. The van der Waals surface area contributed by atoms with E-state index in [0.717, 1.165) is 12.7 Å². The molecule has 2 aromatic carbocycles. The van der Waals surface area contributed by atoms with Crippen molar-refractivity contribution >= 4 is 17.9 Å². The Bertz CT molecular complexity index is 637. The number of carbonyl (C=O) groups excluding carboxylic acids is 2. The Kier molecular flexibility index (Phi) is 5.10. The summed E-state index contributed by atoms with van der Waals surface area (Å²) in [5.74, 6) is 0.436. The zero-order valence-corrected chi connectivity index (χ0v) is 11.8. The van der Waals surface area contributed by atoms with Crippen LogP contribution >= 0.6 is 0 Å². The van der Waals surface area contributed by atoms with Crippen LogP contribution in [0, 0.1) is 0 Å². The molecule has 4 nitrogen and oxygen atoms in total. The van der Waals surface area contributed by atoms with Gasteiger partial charge in [0.1, 0.15) is 12.0 Å². The Morgan fingerprint density at radius 1 is 1.19 bits per heavy atom. The molecule has 108 valence electrons. The van der Waals surface area contributed by atoms with Gasteiger partial charge in [0.2, 0.25) is 0 Å². The number of rotatable bonds is 6. The Morgan fingerprint density at radius 2 is 2.00 bits per heavy atom. The van der Waals surface area contributed by atoms with Gasteiger partial charge >= 0.3 is 0 Å². The highest BCUT2D eigenvalue weighted by Crippen LogP contribution is 2.16. The molecule has 0 unspecified atom stereocenters. The molecule has 0 spiro atoms. The molecular weight excluding hydrogens is 266 g/mol. The van der Waals surface area contributed by atoms with E-state index in [2.05, 4.69) is 5.32 Å². The predicted octanol–water partition coefficient (Wildman–Crippen LogP) is 3.54. The van der Waals surface area contributed by atoms with Crippen LogP contribution in [0.4, 0.5) is 5.69 Å². The van der Waals surface area contributed by atoms with Crippen LogP contribution in [0.3, 0.4) is 0 Å². The molecule has 0 aromatic heterocycles. The molecule has 1 N–H and O–H groups in total. The summed E-state index contributed by atoms with van der Waals surface area (Å²) in [5.41, 5.74) is 1.62. The summed E-state index contributed by atoms with van der Waals surface area (Å²) in [6.07, 6.45) is 1.66. The zero-order valence-electron chi connectivity index (χ0n) is 11.8. The Hall–Kier alpha value is -2.62. The molecule has 0 saturated carbocycles. The van der Waals surface area contributed by atoms with Crippen LogP contribution in [-0.4, -0.2) is 18.8 Å². The maximum Gasteiger partial charge on any atom is 0.255 e. The lowest BCUT2D eigenvalue weighted by Gasteiger charge is -2.08. The van der Waals surface area contributed by atoms with E-state index in [4.69, 9.17) is 4.74 Å². The van der Waals surface area contributed by atoms with Gasteiger partial charge in [0.15, 0.2) is 0 Å². The average Bonchev–Trinajstić information content (AvgIpc) is 2.53. The van der Waals surface area contributed by atoms with Gasteiger partial charge in [0, 0.05) is 16.8 Å². The summed E-state index contributed by atoms with van der Waals surface area (Å²) in [6, 6.07) is 13.8. The number of carbonyl (C=O) groups is 2. The van der Waals surface area contributed by atoms with E-state index < -0.39 is 0 Å². The van der Waals surface area contributed by atoms with Crippen LogP contribution in [0.5, 0.6) is 5.75 Å². The number of amides is 1. The van der Waals surface area contributed by atoms with Crippen molar-refractivity contribution < 1.29 is 14.3 Å². The highest BCUT2D eigenvalue weighted by molar-refractivity contribution is 6.04. The zero-order chi connectivity index (χ0) is 15.1. The number of aldehydes is 1. The van der Waals surface area contributed by atoms with Crippen LogP contribution in [0.1, 0.15) is 34.1 Å². The Labute approximate surface area is 123 Å². The number of hydrogen-bond donors (Lipinski definition) is 1. The first-order valence-electron chi connectivity index (χ1n) is 6.82. The first-order chi connectivity index (χ1) is 10.2. The molecule has 0 aliphatic heterocycles. The SMILES string of the molecule is CCCOc1cccc(C(=O)Nc2cccc(C=O)c2)c1. The Balaban J connectivity index is 2.10. The van der Waals surface area contributed by atoms with E-state index in [1.807, 2.05) is 13.0 Å². The fourth-order valence-electron chi connectivity index (χ4n) is 1.84. The van der Waals surface area contributed by atoms with Crippen LogP contribution in [-0.2, 0) is 0 Å². The number of nitrogens with one attached hydrogen (secondary N) is 1. The molecule has 2 rings (SSSR count). The monoisotopic (exact) mass is 283 g/mol. The molecule has 0 bridgehead atoms. The fourth-order valence-corrected chi connectivity index (χ4v) is 1.84. The molecule has 0 heterocycles. The number of benzene rings is 2. The van der Waals surface area contributed by atoms with E-state index in [1.165, 1.54) is 0 Å². The smallest absolute Gasteiger partial charge is 0.255 e. The van der Waals surface area contributed by atoms with Crippen LogP contribution in [0.25, 0.3) is 0 Å². The molecule has 0 aliphatic carbocycles. The lowest BCUT2D eigenvalue weighted by Crippen LogP contribution is -2.12. The third kappa shape index (κ3) is 4.18. The van der Waals surface area contributed by atoms with Gasteiger partial charge in [-0.05, 0) is 36.8 Å². The maximum absolute atomic E-state index is 12.2. The normalized spacial score (nSPS) is 9.95. The topological polar surface area (TPSA) is 55.4 Å². The van der Waals surface area contributed by atoms with E-state index in [0.29, 0.717) is 29.2 Å². The van der Waals surface area contributed by atoms with Crippen LogP contribution in [0.2, 0.25) is 0 Å². The second-order valence-electron chi connectivity index (χ2n) is 4.57. The van der Waals surface area contributed by atoms with Crippen molar-refractivity contribution in [2.24, 2.45) is 0 Å². The predicted molar refractivity (Wildman–Crippen MR) is 82.0 cm³/mol.